The van der Waals surface area contributed by atoms with Crippen molar-refractivity contribution < 1.29 is 18.5 Å². The van der Waals surface area contributed by atoms with Crippen molar-refractivity contribution in [1.29, 1.82) is 0 Å². The van der Waals surface area contributed by atoms with Crippen molar-refractivity contribution in [3.05, 3.63) is 59.2 Å². The van der Waals surface area contributed by atoms with Crippen LogP contribution in [-0.2, 0) is 22.3 Å². The molecule has 0 radical (unpaired) electrons. The van der Waals surface area contributed by atoms with Gasteiger partial charge < -0.3 is 9.47 Å². The first kappa shape index (κ1) is 17.2. The van der Waals surface area contributed by atoms with E-state index in [1.165, 1.54) is 6.92 Å². The number of Topliss-reactive ketones (excluding diaryl/α,β-unsaturated/α-hetero) is 1. The molecule has 2 aromatic rings. The van der Waals surface area contributed by atoms with Crippen LogP contribution in [0.5, 0.6) is 11.5 Å². The zero-order valence-electron chi connectivity index (χ0n) is 13.5. The van der Waals surface area contributed by atoms with Gasteiger partial charge in [0.2, 0.25) is 0 Å². The van der Waals surface area contributed by atoms with Gasteiger partial charge in [-0.25, -0.2) is 0 Å². The minimum atomic E-state index is -1.11. The highest BCUT2D eigenvalue weighted by Gasteiger charge is 2.11. The minimum Gasteiger partial charge on any atom is -0.497 e. The highest BCUT2D eigenvalue weighted by molar-refractivity contribution is 7.83. The van der Waals surface area contributed by atoms with Crippen LogP contribution in [-0.4, -0.2) is 24.2 Å². The molecule has 1 atom stereocenters. The fraction of sp³-hybridized carbons (Fsp3) is 0.278. The van der Waals surface area contributed by atoms with Gasteiger partial charge >= 0.3 is 0 Å². The van der Waals surface area contributed by atoms with Gasteiger partial charge in [-0.15, -0.1) is 0 Å². The first-order chi connectivity index (χ1) is 11.0. The summed E-state index contributed by atoms with van der Waals surface area (Å²) in [5.74, 6) is 2.13. The van der Waals surface area contributed by atoms with Crippen LogP contribution in [0.3, 0.4) is 0 Å². The molecule has 4 nitrogen and oxygen atoms in total. The smallest absolute Gasteiger partial charge is 0.159 e. The number of methoxy groups -OCH3 is 2. The number of hydrogen-bond acceptors (Lipinski definition) is 4. The van der Waals surface area contributed by atoms with Gasteiger partial charge in [-0.3, -0.25) is 9.00 Å². The lowest BCUT2D eigenvalue weighted by Crippen LogP contribution is -2.03. The lowest BCUT2D eigenvalue weighted by Gasteiger charge is -2.10. The first-order valence-corrected chi connectivity index (χ1v) is 8.68. The van der Waals surface area contributed by atoms with Crippen LogP contribution in [0.1, 0.15) is 28.4 Å². The lowest BCUT2D eigenvalue weighted by molar-refractivity contribution is 0.101. The molecule has 2 aromatic carbocycles. The van der Waals surface area contributed by atoms with E-state index >= 15 is 0 Å². The highest BCUT2D eigenvalue weighted by Crippen LogP contribution is 2.23. The van der Waals surface area contributed by atoms with Crippen LogP contribution < -0.4 is 9.47 Å². The molecule has 0 saturated heterocycles. The number of carbonyl (C=O) groups is 1. The molecule has 0 aliphatic heterocycles. The second-order valence-electron chi connectivity index (χ2n) is 5.16. The lowest BCUT2D eigenvalue weighted by atomic mass is 10.1. The SMILES string of the molecule is COc1cccc(C[S@](=O)Cc2cc(C(C)=O)ccc2OC)c1. The monoisotopic (exact) mass is 332 g/mol. The summed E-state index contributed by atoms with van der Waals surface area (Å²) in [5.41, 5.74) is 2.32. The minimum absolute atomic E-state index is 0.0209. The number of ketones is 1. The Bertz CT molecular complexity index is 725. The standard InChI is InChI=1S/C18H20O4S/c1-13(19)15-7-8-18(22-3)16(10-15)12-23(20)11-14-5-4-6-17(9-14)21-2/h4-10H,11-12H2,1-3H3/t23-/m0/s1. The normalized spacial score (nSPS) is 11.8. The largest absolute Gasteiger partial charge is 0.497 e. The number of hydrogen-bond donors (Lipinski definition) is 0. The summed E-state index contributed by atoms with van der Waals surface area (Å²) >= 11 is 0. The van der Waals surface area contributed by atoms with Gasteiger partial charge in [0.15, 0.2) is 5.78 Å². The molecule has 5 heteroatoms. The van der Waals surface area contributed by atoms with Crippen LogP contribution in [0.2, 0.25) is 0 Å². The predicted molar refractivity (Wildman–Crippen MR) is 91.5 cm³/mol. The molecule has 0 spiro atoms. The molecule has 0 bridgehead atoms. The van der Waals surface area contributed by atoms with E-state index in [0.29, 0.717) is 22.8 Å². The molecule has 0 aliphatic rings. The molecule has 0 aromatic heterocycles. The van der Waals surface area contributed by atoms with Crippen molar-refractivity contribution in [3.63, 3.8) is 0 Å². The van der Waals surface area contributed by atoms with Gasteiger partial charge in [-0.2, -0.15) is 0 Å². The van der Waals surface area contributed by atoms with Gasteiger partial charge in [0.05, 0.1) is 20.0 Å². The van der Waals surface area contributed by atoms with E-state index in [0.717, 1.165) is 16.9 Å². The van der Waals surface area contributed by atoms with Gasteiger partial charge in [0.1, 0.15) is 11.5 Å². The molecule has 23 heavy (non-hydrogen) atoms. The fourth-order valence-corrected chi connectivity index (χ4v) is 3.51. The Morgan fingerprint density at radius 2 is 1.83 bits per heavy atom. The summed E-state index contributed by atoms with van der Waals surface area (Å²) in [6, 6.07) is 12.7. The Morgan fingerprint density at radius 3 is 2.48 bits per heavy atom. The number of rotatable bonds is 7. The van der Waals surface area contributed by atoms with Gasteiger partial charge in [-0.05, 0) is 42.8 Å². The molecule has 0 N–H and O–H groups in total. The first-order valence-electron chi connectivity index (χ1n) is 7.19. The number of carbonyl (C=O) groups excluding carboxylic acids is 1. The highest BCUT2D eigenvalue weighted by atomic mass is 32.2. The average Bonchev–Trinajstić information content (AvgIpc) is 2.54. The third-order valence-electron chi connectivity index (χ3n) is 3.47. The van der Waals surface area contributed by atoms with Crippen molar-refractivity contribution in [2.24, 2.45) is 0 Å². The molecular weight excluding hydrogens is 312 g/mol. The quantitative estimate of drug-likeness (QED) is 0.730. The Hall–Kier alpha value is -2.14. The van der Waals surface area contributed by atoms with E-state index in [2.05, 4.69) is 0 Å². The van der Waals surface area contributed by atoms with E-state index in [4.69, 9.17) is 9.47 Å². The van der Waals surface area contributed by atoms with Crippen molar-refractivity contribution in [3.8, 4) is 11.5 Å². The van der Waals surface area contributed by atoms with Gasteiger partial charge in [-0.1, -0.05) is 12.1 Å². The van der Waals surface area contributed by atoms with Crippen LogP contribution >= 0.6 is 0 Å². The zero-order chi connectivity index (χ0) is 16.8. The maximum Gasteiger partial charge on any atom is 0.159 e. The van der Waals surface area contributed by atoms with Crippen molar-refractivity contribution in [2.75, 3.05) is 14.2 Å². The number of benzene rings is 2. The summed E-state index contributed by atoms with van der Waals surface area (Å²) in [7, 11) is 2.06. The Kier molecular flexibility index (Phi) is 5.93. The van der Waals surface area contributed by atoms with E-state index in [1.807, 2.05) is 24.3 Å². The summed E-state index contributed by atoms with van der Waals surface area (Å²) in [6.45, 7) is 1.51. The van der Waals surface area contributed by atoms with Gasteiger partial charge in [0, 0.05) is 27.7 Å². The molecule has 2 rings (SSSR count). The molecule has 122 valence electrons. The maximum atomic E-state index is 12.5. The second kappa shape index (κ2) is 7.92. The molecule has 0 saturated carbocycles. The van der Waals surface area contributed by atoms with E-state index in [-0.39, 0.29) is 5.78 Å². The summed E-state index contributed by atoms with van der Waals surface area (Å²) < 4.78 is 22.9. The third-order valence-corrected chi connectivity index (χ3v) is 4.75. The third kappa shape index (κ3) is 4.66. The molecule has 0 fully saturated rings. The number of ether oxygens (including phenoxy) is 2. The summed E-state index contributed by atoms with van der Waals surface area (Å²) in [6.07, 6.45) is 0. The molecular formula is C18H20O4S. The van der Waals surface area contributed by atoms with Crippen LogP contribution in [0.4, 0.5) is 0 Å². The molecule has 0 aliphatic carbocycles. The zero-order valence-corrected chi connectivity index (χ0v) is 14.3. The van der Waals surface area contributed by atoms with Crippen LogP contribution in [0.25, 0.3) is 0 Å². The van der Waals surface area contributed by atoms with E-state index in [1.54, 1.807) is 32.4 Å². The van der Waals surface area contributed by atoms with E-state index < -0.39 is 10.8 Å². The summed E-state index contributed by atoms with van der Waals surface area (Å²) in [4.78, 5) is 11.5. The van der Waals surface area contributed by atoms with Crippen LogP contribution in [0, 0.1) is 0 Å². The molecule has 0 unspecified atom stereocenters. The average molecular weight is 332 g/mol. The summed E-state index contributed by atoms with van der Waals surface area (Å²) in [5, 5.41) is 0. The van der Waals surface area contributed by atoms with Crippen molar-refractivity contribution in [2.45, 2.75) is 18.4 Å². The van der Waals surface area contributed by atoms with Gasteiger partial charge in [0.25, 0.3) is 0 Å². The Morgan fingerprint density at radius 1 is 1.04 bits per heavy atom. The molecule has 0 heterocycles. The van der Waals surface area contributed by atoms with Crippen molar-refractivity contribution in [1.82, 2.24) is 0 Å². The van der Waals surface area contributed by atoms with Crippen molar-refractivity contribution >= 4 is 16.6 Å². The second-order valence-corrected chi connectivity index (χ2v) is 6.62. The van der Waals surface area contributed by atoms with Crippen LogP contribution in [0.15, 0.2) is 42.5 Å². The maximum absolute atomic E-state index is 12.5. The topological polar surface area (TPSA) is 52.6 Å². The predicted octanol–water partition coefficient (Wildman–Crippen LogP) is 3.36. The van der Waals surface area contributed by atoms with E-state index in [9.17, 15) is 9.00 Å². The Labute approximate surface area is 138 Å². The fourth-order valence-electron chi connectivity index (χ4n) is 2.28. The Balaban J connectivity index is 2.15. The molecule has 0 amide bonds.